The molecule has 0 spiro atoms. The van der Waals surface area contributed by atoms with Crippen molar-refractivity contribution in [3.63, 3.8) is 0 Å². The van der Waals surface area contributed by atoms with E-state index in [4.69, 9.17) is 0 Å². The Morgan fingerprint density at radius 1 is 1.19 bits per heavy atom. The molecule has 0 aromatic heterocycles. The molecule has 2 rings (SSSR count). The summed E-state index contributed by atoms with van der Waals surface area (Å²) in [4.78, 5) is 11.8. The second-order valence-corrected chi connectivity index (χ2v) is 5.83. The monoisotopic (exact) mass is 236 g/mol. The first kappa shape index (κ1) is 11.1. The van der Waals surface area contributed by atoms with Crippen molar-refractivity contribution in [2.45, 2.75) is 12.8 Å². The highest BCUT2D eigenvalue weighted by Crippen LogP contribution is 2.21. The molecule has 84 valence electrons. The molecule has 0 N–H and O–H groups in total. The Balaban J connectivity index is 2.10. The number of Topliss-reactive ketones (excluding diaryl/α,β-unsaturated/α-hetero) is 1. The molecule has 0 fully saturated rings. The van der Waals surface area contributed by atoms with E-state index >= 15 is 0 Å². The first-order valence-corrected chi connectivity index (χ1v) is 6.79. The third-order valence-corrected chi connectivity index (χ3v) is 4.00. The van der Waals surface area contributed by atoms with Gasteiger partial charge in [0.05, 0.1) is 5.75 Å². The summed E-state index contributed by atoms with van der Waals surface area (Å²) >= 11 is 0. The van der Waals surface area contributed by atoms with Crippen LogP contribution in [0.1, 0.15) is 23.2 Å². The van der Waals surface area contributed by atoms with Gasteiger partial charge in [0, 0.05) is 17.4 Å². The number of benzene rings is 1. The minimum absolute atomic E-state index is 0.0241. The fraction of sp³-hybridized carbons (Fsp3) is 0.250. The van der Waals surface area contributed by atoms with Gasteiger partial charge in [0.2, 0.25) is 0 Å². The average molecular weight is 236 g/mol. The van der Waals surface area contributed by atoms with Crippen molar-refractivity contribution < 1.29 is 13.2 Å². The molecule has 1 aromatic carbocycles. The summed E-state index contributed by atoms with van der Waals surface area (Å²) in [5, 5.41) is 1.24. The Bertz CT molecular complexity index is 527. The number of carbonyl (C=O) groups is 1. The first-order chi connectivity index (χ1) is 7.57. The Morgan fingerprint density at radius 3 is 2.44 bits per heavy atom. The number of sulfone groups is 1. The molecule has 3 nitrogen and oxygen atoms in total. The fourth-order valence-electron chi connectivity index (χ4n) is 1.71. The summed E-state index contributed by atoms with van der Waals surface area (Å²) in [7, 11) is -3.04. The van der Waals surface area contributed by atoms with Crippen LogP contribution in [0, 0.1) is 0 Å². The van der Waals surface area contributed by atoms with E-state index in [1.165, 1.54) is 5.41 Å². The van der Waals surface area contributed by atoms with E-state index < -0.39 is 9.84 Å². The lowest BCUT2D eigenvalue weighted by molar-refractivity contribution is 0.0992. The van der Waals surface area contributed by atoms with Crippen LogP contribution < -0.4 is 0 Å². The maximum atomic E-state index is 11.8. The molecule has 0 amide bonds. The van der Waals surface area contributed by atoms with Gasteiger partial charge in [0.1, 0.15) is 0 Å². The smallest absolute Gasteiger partial charge is 0.171 e. The van der Waals surface area contributed by atoms with Gasteiger partial charge in [0.15, 0.2) is 15.6 Å². The molecular weight excluding hydrogens is 224 g/mol. The Morgan fingerprint density at radius 2 is 1.88 bits per heavy atom. The summed E-state index contributed by atoms with van der Waals surface area (Å²) in [6.45, 7) is 0. The molecule has 16 heavy (non-hydrogen) atoms. The minimum atomic E-state index is -3.04. The summed E-state index contributed by atoms with van der Waals surface area (Å²) in [5.41, 5.74) is 1.35. The summed E-state index contributed by atoms with van der Waals surface area (Å²) in [6, 6.07) is 8.93. The Kier molecular flexibility index (Phi) is 2.92. The van der Waals surface area contributed by atoms with Gasteiger partial charge in [-0.15, -0.1) is 0 Å². The lowest BCUT2D eigenvalue weighted by atomic mass is 10.0. The van der Waals surface area contributed by atoms with Gasteiger partial charge in [-0.2, -0.15) is 0 Å². The van der Waals surface area contributed by atoms with Crippen LogP contribution in [0.25, 0.3) is 0 Å². The number of allylic oxidation sites excluding steroid dienone is 1. The van der Waals surface area contributed by atoms with Crippen molar-refractivity contribution >= 4 is 15.6 Å². The third-order valence-electron chi connectivity index (χ3n) is 2.54. The van der Waals surface area contributed by atoms with Crippen LogP contribution in [0.4, 0.5) is 0 Å². The first-order valence-electron chi connectivity index (χ1n) is 5.07. The standard InChI is InChI=1S/C12H12O3S/c13-12(11-4-2-1-3-5-11)8-10-6-7-16(14,15)9-10/h1-5,9H,6-8H2. The molecule has 1 heterocycles. The van der Waals surface area contributed by atoms with Crippen molar-refractivity contribution in [2.24, 2.45) is 0 Å². The third kappa shape index (κ3) is 2.58. The predicted molar refractivity (Wildman–Crippen MR) is 61.9 cm³/mol. The lowest BCUT2D eigenvalue weighted by Gasteiger charge is -2.00. The number of rotatable bonds is 3. The fourth-order valence-corrected chi connectivity index (χ4v) is 3.08. The van der Waals surface area contributed by atoms with Gasteiger partial charge in [-0.25, -0.2) is 8.42 Å². The second kappa shape index (κ2) is 4.22. The molecule has 0 bridgehead atoms. The van der Waals surface area contributed by atoms with E-state index in [0.717, 1.165) is 0 Å². The number of carbonyl (C=O) groups excluding carboxylic acids is 1. The lowest BCUT2D eigenvalue weighted by Crippen LogP contribution is -1.99. The van der Waals surface area contributed by atoms with Gasteiger partial charge < -0.3 is 0 Å². The molecule has 0 saturated carbocycles. The topological polar surface area (TPSA) is 51.2 Å². The SMILES string of the molecule is O=C(CC1=CS(=O)(=O)CC1)c1ccccc1. The van der Waals surface area contributed by atoms with Crippen LogP contribution in [-0.4, -0.2) is 20.0 Å². The molecular formula is C12H12O3S. The van der Waals surface area contributed by atoms with Gasteiger partial charge >= 0.3 is 0 Å². The molecule has 0 saturated heterocycles. The Hall–Kier alpha value is -1.42. The average Bonchev–Trinajstić information content (AvgIpc) is 2.59. The number of hydrogen-bond donors (Lipinski definition) is 0. The highest BCUT2D eigenvalue weighted by molar-refractivity contribution is 7.94. The number of hydrogen-bond acceptors (Lipinski definition) is 3. The Labute approximate surface area is 94.7 Å². The molecule has 0 aliphatic carbocycles. The van der Waals surface area contributed by atoms with Gasteiger partial charge in [-0.3, -0.25) is 4.79 Å². The van der Waals surface area contributed by atoms with E-state index in [1.54, 1.807) is 24.3 Å². The van der Waals surface area contributed by atoms with Gasteiger partial charge in [-0.1, -0.05) is 35.9 Å². The molecule has 1 aromatic rings. The van der Waals surface area contributed by atoms with Crippen LogP contribution in [0.5, 0.6) is 0 Å². The second-order valence-electron chi connectivity index (χ2n) is 3.86. The summed E-state index contributed by atoms with van der Waals surface area (Å²) in [6.07, 6.45) is 0.699. The van der Waals surface area contributed by atoms with E-state index in [1.807, 2.05) is 6.07 Å². The zero-order chi connectivity index (χ0) is 11.6. The van der Waals surface area contributed by atoms with Crippen LogP contribution in [0.3, 0.4) is 0 Å². The van der Waals surface area contributed by atoms with E-state index in [9.17, 15) is 13.2 Å². The maximum absolute atomic E-state index is 11.8. The van der Waals surface area contributed by atoms with Crippen LogP contribution >= 0.6 is 0 Å². The highest BCUT2D eigenvalue weighted by Gasteiger charge is 2.20. The molecule has 4 heteroatoms. The van der Waals surface area contributed by atoms with E-state index in [0.29, 0.717) is 17.6 Å². The molecule has 0 atom stereocenters. The van der Waals surface area contributed by atoms with Crippen molar-refractivity contribution in [1.82, 2.24) is 0 Å². The molecule has 0 unspecified atom stereocenters. The van der Waals surface area contributed by atoms with Crippen molar-refractivity contribution in [1.29, 1.82) is 0 Å². The number of ketones is 1. The summed E-state index contributed by atoms with van der Waals surface area (Å²) in [5.74, 6) is 0.119. The van der Waals surface area contributed by atoms with Crippen LogP contribution in [-0.2, 0) is 9.84 Å². The van der Waals surface area contributed by atoms with E-state index in [-0.39, 0.29) is 18.0 Å². The zero-order valence-electron chi connectivity index (χ0n) is 8.72. The van der Waals surface area contributed by atoms with Crippen LogP contribution in [0.2, 0.25) is 0 Å². The molecule has 1 aliphatic heterocycles. The largest absolute Gasteiger partial charge is 0.294 e. The van der Waals surface area contributed by atoms with Gasteiger partial charge in [0.25, 0.3) is 0 Å². The van der Waals surface area contributed by atoms with Crippen LogP contribution in [0.15, 0.2) is 41.3 Å². The molecule has 0 radical (unpaired) electrons. The molecule has 1 aliphatic rings. The normalized spacial score (nSPS) is 18.1. The quantitative estimate of drug-likeness (QED) is 0.754. The predicted octanol–water partition coefficient (Wildman–Crippen LogP) is 1.96. The van der Waals surface area contributed by atoms with Crippen molar-refractivity contribution in [2.75, 3.05) is 5.75 Å². The minimum Gasteiger partial charge on any atom is -0.294 e. The summed E-state index contributed by atoms with van der Waals surface area (Å²) < 4.78 is 22.3. The maximum Gasteiger partial charge on any atom is 0.171 e. The highest BCUT2D eigenvalue weighted by atomic mass is 32.2. The zero-order valence-corrected chi connectivity index (χ0v) is 9.53. The van der Waals surface area contributed by atoms with Crippen molar-refractivity contribution in [3.8, 4) is 0 Å². The van der Waals surface area contributed by atoms with Crippen molar-refractivity contribution in [3.05, 3.63) is 46.9 Å². The van der Waals surface area contributed by atoms with Gasteiger partial charge in [-0.05, 0) is 6.42 Å². The van der Waals surface area contributed by atoms with E-state index in [2.05, 4.69) is 0 Å².